The maximum atomic E-state index is 10.3. The lowest BCUT2D eigenvalue weighted by Crippen LogP contribution is -2.13. The number of carbonyl (C=O) groups excluding carboxylic acids is 1. The summed E-state index contributed by atoms with van der Waals surface area (Å²) in [4.78, 5) is 10.3. The van der Waals surface area contributed by atoms with Gasteiger partial charge >= 0.3 is 0 Å². The molecule has 0 aromatic rings. The monoisotopic (exact) mass is 135 g/mol. The normalized spacial score (nSPS) is 7.25. The molecule has 0 unspecified atom stereocenters. The van der Waals surface area contributed by atoms with Crippen molar-refractivity contribution in [2.24, 2.45) is 5.73 Å². The molecule has 0 radical (unpaired) electrons. The van der Waals surface area contributed by atoms with Crippen molar-refractivity contribution in [2.75, 3.05) is 6.54 Å². The van der Waals surface area contributed by atoms with Gasteiger partial charge in [0.05, 0.1) is 6.54 Å². The van der Waals surface area contributed by atoms with Crippen molar-refractivity contribution in [3.8, 4) is 0 Å². The predicted molar refractivity (Wildman–Crippen MR) is 36.1 cm³/mol. The van der Waals surface area contributed by atoms with Crippen LogP contribution in [0.5, 0.6) is 0 Å². The quantitative estimate of drug-likeness (QED) is 0.561. The van der Waals surface area contributed by atoms with E-state index in [-0.39, 0.29) is 24.7 Å². The predicted octanol–water partition coefficient (Wildman–Crippen LogP) is 0.512. The number of halogens is 1. The average Bonchev–Trinajstić information content (AvgIpc) is 1.65. The Morgan fingerprint density at radius 2 is 2.12 bits per heavy atom. The van der Waals surface area contributed by atoms with Crippen LogP contribution in [-0.4, -0.2) is 12.3 Å². The van der Waals surface area contributed by atoms with E-state index in [9.17, 15) is 4.79 Å². The summed E-state index contributed by atoms with van der Waals surface area (Å²) in [5, 5.41) is 0. The maximum Gasteiger partial charge on any atom is 0.171 e. The highest BCUT2D eigenvalue weighted by molar-refractivity contribution is 5.95. The molecule has 0 aliphatic carbocycles. The molecule has 48 valence electrons. The molecule has 0 bridgehead atoms. The second-order valence-electron chi connectivity index (χ2n) is 1.41. The van der Waals surface area contributed by atoms with Gasteiger partial charge < -0.3 is 5.73 Å². The van der Waals surface area contributed by atoms with Crippen molar-refractivity contribution in [3.63, 3.8) is 0 Å². The number of Topliss-reactive ketones (excluding diaryl/α,β-unsaturated/α-hetero) is 1. The standard InChI is InChI=1S/C5H9NO.ClH/c1-4(2)5(7)3-6;/h1,3,6H2,2H3;1H. The van der Waals surface area contributed by atoms with Gasteiger partial charge in [0.1, 0.15) is 0 Å². The van der Waals surface area contributed by atoms with Gasteiger partial charge in [-0.15, -0.1) is 12.4 Å². The van der Waals surface area contributed by atoms with Gasteiger partial charge in [-0.25, -0.2) is 0 Å². The van der Waals surface area contributed by atoms with Crippen LogP contribution < -0.4 is 5.73 Å². The summed E-state index contributed by atoms with van der Waals surface area (Å²) in [6.07, 6.45) is 0. The van der Waals surface area contributed by atoms with Crippen LogP contribution in [0.2, 0.25) is 0 Å². The van der Waals surface area contributed by atoms with E-state index < -0.39 is 0 Å². The molecule has 0 rings (SSSR count). The second kappa shape index (κ2) is 4.81. The topological polar surface area (TPSA) is 43.1 Å². The highest BCUT2D eigenvalue weighted by atomic mass is 35.5. The molecule has 0 amide bonds. The minimum absolute atomic E-state index is 0. The van der Waals surface area contributed by atoms with Gasteiger partial charge in [-0.3, -0.25) is 4.79 Å². The summed E-state index contributed by atoms with van der Waals surface area (Å²) < 4.78 is 0. The van der Waals surface area contributed by atoms with Gasteiger partial charge in [0.15, 0.2) is 5.78 Å². The van der Waals surface area contributed by atoms with Crippen LogP contribution in [0.4, 0.5) is 0 Å². The number of nitrogens with two attached hydrogens (primary N) is 1. The first-order valence-electron chi connectivity index (χ1n) is 2.07. The molecule has 0 saturated heterocycles. The highest BCUT2D eigenvalue weighted by Crippen LogP contribution is 1.84. The Balaban J connectivity index is 0. The molecular formula is C5H10ClNO. The first kappa shape index (κ1) is 10.6. The van der Waals surface area contributed by atoms with Crippen molar-refractivity contribution >= 4 is 18.2 Å². The summed E-state index contributed by atoms with van der Waals surface area (Å²) in [5.41, 5.74) is 5.49. The molecule has 0 atom stereocenters. The van der Waals surface area contributed by atoms with Crippen molar-refractivity contribution in [1.82, 2.24) is 0 Å². The van der Waals surface area contributed by atoms with Crippen LogP contribution in [0, 0.1) is 0 Å². The van der Waals surface area contributed by atoms with Crippen LogP contribution in [0.25, 0.3) is 0 Å². The Morgan fingerprint density at radius 3 is 2.12 bits per heavy atom. The van der Waals surface area contributed by atoms with E-state index in [1.165, 1.54) is 0 Å². The van der Waals surface area contributed by atoms with E-state index in [2.05, 4.69) is 6.58 Å². The van der Waals surface area contributed by atoms with Gasteiger partial charge in [-0.2, -0.15) is 0 Å². The summed E-state index contributed by atoms with van der Waals surface area (Å²) in [7, 11) is 0. The third-order valence-corrected chi connectivity index (χ3v) is 0.661. The van der Waals surface area contributed by atoms with Crippen LogP contribution in [0.15, 0.2) is 12.2 Å². The molecule has 0 aliphatic heterocycles. The van der Waals surface area contributed by atoms with Crippen LogP contribution in [0.1, 0.15) is 6.92 Å². The fourth-order valence-electron chi connectivity index (χ4n) is 0.174. The molecule has 0 spiro atoms. The summed E-state index contributed by atoms with van der Waals surface area (Å²) >= 11 is 0. The Morgan fingerprint density at radius 1 is 1.75 bits per heavy atom. The Kier molecular flexibility index (Phi) is 6.38. The summed E-state index contributed by atoms with van der Waals surface area (Å²) in [6, 6.07) is 0. The van der Waals surface area contributed by atoms with E-state index in [1.807, 2.05) is 0 Å². The van der Waals surface area contributed by atoms with Crippen molar-refractivity contribution in [1.29, 1.82) is 0 Å². The lowest BCUT2D eigenvalue weighted by Gasteiger charge is -1.88. The molecule has 0 saturated carbocycles. The van der Waals surface area contributed by atoms with E-state index in [4.69, 9.17) is 5.73 Å². The SMILES string of the molecule is C=C(C)C(=O)CN.Cl. The lowest BCUT2D eigenvalue weighted by atomic mass is 10.2. The zero-order chi connectivity index (χ0) is 5.86. The third-order valence-electron chi connectivity index (χ3n) is 0.661. The molecule has 2 N–H and O–H groups in total. The molecule has 2 nitrogen and oxygen atoms in total. The minimum Gasteiger partial charge on any atom is -0.324 e. The smallest absolute Gasteiger partial charge is 0.171 e. The van der Waals surface area contributed by atoms with Gasteiger partial charge in [-0.1, -0.05) is 6.58 Å². The Labute approximate surface area is 55.2 Å². The molecular weight excluding hydrogens is 126 g/mol. The number of hydrogen-bond donors (Lipinski definition) is 1. The van der Waals surface area contributed by atoms with Crippen LogP contribution in [0.3, 0.4) is 0 Å². The van der Waals surface area contributed by atoms with E-state index in [0.717, 1.165) is 0 Å². The number of carbonyl (C=O) groups is 1. The molecule has 0 heterocycles. The van der Waals surface area contributed by atoms with Gasteiger partial charge in [0.25, 0.3) is 0 Å². The molecule has 3 heteroatoms. The van der Waals surface area contributed by atoms with E-state index in [0.29, 0.717) is 5.57 Å². The zero-order valence-electron chi connectivity index (χ0n) is 4.81. The highest BCUT2D eigenvalue weighted by Gasteiger charge is 1.94. The van der Waals surface area contributed by atoms with E-state index >= 15 is 0 Å². The maximum absolute atomic E-state index is 10.3. The van der Waals surface area contributed by atoms with Gasteiger partial charge in [0, 0.05) is 0 Å². The first-order valence-corrected chi connectivity index (χ1v) is 2.07. The van der Waals surface area contributed by atoms with Gasteiger partial charge in [0.2, 0.25) is 0 Å². The molecule has 0 aromatic heterocycles. The average molecular weight is 136 g/mol. The molecule has 8 heavy (non-hydrogen) atoms. The largest absolute Gasteiger partial charge is 0.324 e. The Hall–Kier alpha value is -0.340. The number of ketones is 1. The Bertz CT molecular complexity index is 101. The fourth-order valence-corrected chi connectivity index (χ4v) is 0.174. The molecule has 0 aliphatic rings. The zero-order valence-corrected chi connectivity index (χ0v) is 5.62. The van der Waals surface area contributed by atoms with Crippen LogP contribution in [-0.2, 0) is 4.79 Å². The number of rotatable bonds is 2. The molecule has 0 aromatic carbocycles. The minimum atomic E-state index is -0.0694. The van der Waals surface area contributed by atoms with Crippen molar-refractivity contribution < 1.29 is 4.79 Å². The number of hydrogen-bond acceptors (Lipinski definition) is 2. The van der Waals surface area contributed by atoms with Crippen molar-refractivity contribution in [2.45, 2.75) is 6.92 Å². The second-order valence-corrected chi connectivity index (χ2v) is 1.41. The van der Waals surface area contributed by atoms with Crippen LogP contribution >= 0.6 is 12.4 Å². The third kappa shape index (κ3) is 3.84. The molecule has 0 fully saturated rings. The summed E-state index contributed by atoms with van der Waals surface area (Å²) in [5.74, 6) is -0.0694. The van der Waals surface area contributed by atoms with Crippen molar-refractivity contribution in [3.05, 3.63) is 12.2 Å². The summed E-state index contributed by atoms with van der Waals surface area (Å²) in [6.45, 7) is 5.12. The fraction of sp³-hybridized carbons (Fsp3) is 0.400. The van der Waals surface area contributed by atoms with E-state index in [1.54, 1.807) is 6.92 Å². The lowest BCUT2D eigenvalue weighted by molar-refractivity contribution is -0.114. The first-order chi connectivity index (χ1) is 3.18. The van der Waals surface area contributed by atoms with Gasteiger partial charge in [-0.05, 0) is 12.5 Å².